The number of benzene rings is 1. The smallest absolute Gasteiger partial charge is 0.127 e. The summed E-state index contributed by atoms with van der Waals surface area (Å²) >= 11 is 0. The lowest BCUT2D eigenvalue weighted by Crippen LogP contribution is -2.37. The van der Waals surface area contributed by atoms with Crippen LogP contribution in [0, 0.1) is 0 Å². The molecule has 1 aliphatic rings. The molecular formula is C23H36N4O3. The van der Waals surface area contributed by atoms with E-state index in [1.165, 1.54) is 32.1 Å². The van der Waals surface area contributed by atoms with Crippen LogP contribution in [0.3, 0.4) is 0 Å². The summed E-state index contributed by atoms with van der Waals surface area (Å²) in [5.74, 6) is 1.51. The van der Waals surface area contributed by atoms with Crippen molar-refractivity contribution in [1.29, 1.82) is 0 Å². The second-order valence-electron chi connectivity index (χ2n) is 8.26. The minimum Gasteiger partial charge on any atom is -0.497 e. The second-order valence-corrected chi connectivity index (χ2v) is 8.26. The van der Waals surface area contributed by atoms with E-state index in [9.17, 15) is 5.11 Å². The van der Waals surface area contributed by atoms with E-state index in [0.717, 1.165) is 48.9 Å². The van der Waals surface area contributed by atoms with Crippen LogP contribution >= 0.6 is 0 Å². The number of ether oxygens (including phenoxy) is 2. The van der Waals surface area contributed by atoms with Crippen LogP contribution in [0.2, 0.25) is 0 Å². The SMILES string of the molecule is COc1ccc(CN(C)Cc2ccn[nH]2)c(OCC(O)CN2CCCCCCC2)c1. The third-order valence-corrected chi connectivity index (χ3v) is 5.56. The number of aliphatic hydroxyl groups excluding tert-OH is 1. The predicted molar refractivity (Wildman–Crippen MR) is 118 cm³/mol. The minimum absolute atomic E-state index is 0.279. The molecule has 1 fully saturated rings. The zero-order valence-electron chi connectivity index (χ0n) is 18.3. The fourth-order valence-corrected chi connectivity index (χ4v) is 3.97. The third-order valence-electron chi connectivity index (χ3n) is 5.56. The van der Waals surface area contributed by atoms with Gasteiger partial charge in [0.15, 0.2) is 0 Å². The maximum atomic E-state index is 10.6. The lowest BCUT2D eigenvalue weighted by atomic mass is 10.1. The summed E-state index contributed by atoms with van der Waals surface area (Å²) in [6, 6.07) is 7.86. The number of β-amino-alcohol motifs (C(OH)–C–C–N with tert-alkyl or cyclic N) is 1. The number of hydrogen-bond donors (Lipinski definition) is 2. The quantitative estimate of drug-likeness (QED) is 0.620. The van der Waals surface area contributed by atoms with Crippen molar-refractivity contribution in [2.75, 3.05) is 40.4 Å². The molecule has 0 amide bonds. The molecule has 3 rings (SSSR count). The lowest BCUT2D eigenvalue weighted by Gasteiger charge is -2.27. The molecule has 0 radical (unpaired) electrons. The Morgan fingerprint density at radius 3 is 2.60 bits per heavy atom. The van der Waals surface area contributed by atoms with Crippen LogP contribution in [0.25, 0.3) is 0 Å². The van der Waals surface area contributed by atoms with Gasteiger partial charge in [0, 0.05) is 43.2 Å². The zero-order valence-corrected chi connectivity index (χ0v) is 18.3. The molecular weight excluding hydrogens is 380 g/mol. The molecule has 2 aromatic rings. The van der Waals surface area contributed by atoms with Gasteiger partial charge in [-0.1, -0.05) is 25.3 Å². The fraction of sp³-hybridized carbons (Fsp3) is 0.609. The van der Waals surface area contributed by atoms with E-state index in [1.54, 1.807) is 13.3 Å². The molecule has 0 saturated carbocycles. The Hall–Kier alpha value is -2.09. The number of methoxy groups -OCH3 is 1. The van der Waals surface area contributed by atoms with Gasteiger partial charge in [-0.25, -0.2) is 0 Å². The molecule has 166 valence electrons. The van der Waals surface area contributed by atoms with Crippen LogP contribution in [-0.2, 0) is 13.1 Å². The average molecular weight is 417 g/mol. The molecule has 1 aliphatic heterocycles. The largest absolute Gasteiger partial charge is 0.497 e. The minimum atomic E-state index is -0.508. The zero-order chi connectivity index (χ0) is 21.2. The monoisotopic (exact) mass is 416 g/mol. The summed E-state index contributed by atoms with van der Waals surface area (Å²) in [5, 5.41) is 17.6. The molecule has 0 bridgehead atoms. The highest BCUT2D eigenvalue weighted by atomic mass is 16.5. The summed E-state index contributed by atoms with van der Waals surface area (Å²) in [6.45, 7) is 4.57. The molecule has 30 heavy (non-hydrogen) atoms. The molecule has 2 heterocycles. The van der Waals surface area contributed by atoms with Gasteiger partial charge in [0.1, 0.15) is 24.2 Å². The number of H-pyrrole nitrogens is 1. The summed E-state index contributed by atoms with van der Waals surface area (Å²) in [4.78, 5) is 4.57. The molecule has 2 N–H and O–H groups in total. The maximum absolute atomic E-state index is 10.6. The molecule has 7 nitrogen and oxygen atoms in total. The Balaban J connectivity index is 1.56. The lowest BCUT2D eigenvalue weighted by molar-refractivity contribution is 0.0647. The number of nitrogens with zero attached hydrogens (tertiary/aromatic N) is 3. The van der Waals surface area contributed by atoms with E-state index in [2.05, 4.69) is 27.0 Å². The van der Waals surface area contributed by atoms with Gasteiger partial charge < -0.3 is 19.5 Å². The van der Waals surface area contributed by atoms with Gasteiger partial charge in [0.05, 0.1) is 7.11 Å². The molecule has 1 atom stereocenters. The van der Waals surface area contributed by atoms with Crippen LogP contribution in [0.5, 0.6) is 11.5 Å². The topological polar surface area (TPSA) is 73.8 Å². The van der Waals surface area contributed by atoms with Crippen molar-refractivity contribution in [2.24, 2.45) is 0 Å². The molecule has 0 aliphatic carbocycles. The van der Waals surface area contributed by atoms with Gasteiger partial charge in [-0.2, -0.15) is 5.10 Å². The van der Waals surface area contributed by atoms with Gasteiger partial charge >= 0.3 is 0 Å². The second kappa shape index (κ2) is 11.9. The number of rotatable bonds is 10. The Bertz CT molecular complexity index is 730. The Kier molecular flexibility index (Phi) is 8.99. The van der Waals surface area contributed by atoms with Crippen molar-refractivity contribution < 1.29 is 14.6 Å². The first-order valence-corrected chi connectivity index (χ1v) is 11.0. The number of nitrogens with one attached hydrogen (secondary N) is 1. The van der Waals surface area contributed by atoms with Crippen LogP contribution in [0.1, 0.15) is 43.4 Å². The van der Waals surface area contributed by atoms with E-state index >= 15 is 0 Å². The van der Waals surface area contributed by atoms with Gasteiger partial charge in [-0.3, -0.25) is 10.00 Å². The Labute approximate surface area is 180 Å². The fourth-order valence-electron chi connectivity index (χ4n) is 3.97. The summed E-state index contributed by atoms with van der Waals surface area (Å²) in [7, 11) is 3.71. The molecule has 0 spiro atoms. The molecule has 1 aromatic heterocycles. The molecule has 1 saturated heterocycles. The first-order chi connectivity index (χ1) is 14.6. The average Bonchev–Trinajstić information content (AvgIpc) is 3.22. The van der Waals surface area contributed by atoms with Crippen LogP contribution in [0.4, 0.5) is 0 Å². The third kappa shape index (κ3) is 7.31. The van der Waals surface area contributed by atoms with E-state index in [1.807, 2.05) is 24.3 Å². The Morgan fingerprint density at radius 1 is 1.13 bits per heavy atom. The number of aromatic nitrogens is 2. The standard InChI is InChI=1S/C23H36N4O3/c1-26(16-20-10-11-24-25-20)15-19-8-9-22(29-2)14-23(19)30-18-21(28)17-27-12-6-4-3-5-7-13-27/h8-11,14,21,28H,3-7,12-13,15-18H2,1-2H3,(H,24,25). The highest BCUT2D eigenvalue weighted by Gasteiger charge is 2.16. The number of likely N-dealkylation sites (tertiary alicyclic amines) is 1. The van der Waals surface area contributed by atoms with Gasteiger partial charge in [0.25, 0.3) is 0 Å². The molecule has 1 aromatic carbocycles. The van der Waals surface area contributed by atoms with Crippen LogP contribution in [0.15, 0.2) is 30.5 Å². The van der Waals surface area contributed by atoms with E-state index in [-0.39, 0.29) is 6.61 Å². The van der Waals surface area contributed by atoms with Crippen molar-refractivity contribution in [3.63, 3.8) is 0 Å². The van der Waals surface area contributed by atoms with Gasteiger partial charge in [0.2, 0.25) is 0 Å². The van der Waals surface area contributed by atoms with Crippen molar-refractivity contribution in [2.45, 2.75) is 51.3 Å². The number of hydrogen-bond acceptors (Lipinski definition) is 6. The summed E-state index contributed by atoms with van der Waals surface area (Å²) < 4.78 is 11.4. The summed E-state index contributed by atoms with van der Waals surface area (Å²) in [6.07, 6.45) is 7.62. The van der Waals surface area contributed by atoms with E-state index < -0.39 is 6.10 Å². The highest BCUT2D eigenvalue weighted by Crippen LogP contribution is 2.26. The first kappa shape index (κ1) is 22.6. The first-order valence-electron chi connectivity index (χ1n) is 11.0. The van der Waals surface area contributed by atoms with Crippen LogP contribution in [-0.4, -0.2) is 71.6 Å². The van der Waals surface area contributed by atoms with Gasteiger partial charge in [-0.15, -0.1) is 0 Å². The molecule has 1 unspecified atom stereocenters. The molecule has 7 heteroatoms. The van der Waals surface area contributed by atoms with Crippen molar-refractivity contribution in [3.8, 4) is 11.5 Å². The normalized spacial score (nSPS) is 16.8. The van der Waals surface area contributed by atoms with Gasteiger partial charge in [-0.05, 0) is 45.1 Å². The number of aliphatic hydroxyl groups is 1. The highest BCUT2D eigenvalue weighted by molar-refractivity contribution is 5.40. The van der Waals surface area contributed by atoms with E-state index in [4.69, 9.17) is 9.47 Å². The Morgan fingerprint density at radius 2 is 1.90 bits per heavy atom. The van der Waals surface area contributed by atoms with Crippen molar-refractivity contribution in [3.05, 3.63) is 41.7 Å². The maximum Gasteiger partial charge on any atom is 0.127 e. The van der Waals surface area contributed by atoms with Crippen molar-refractivity contribution >= 4 is 0 Å². The van der Waals surface area contributed by atoms with E-state index in [0.29, 0.717) is 6.54 Å². The number of aromatic amines is 1. The summed E-state index contributed by atoms with van der Waals surface area (Å²) in [5.41, 5.74) is 2.13. The predicted octanol–water partition coefficient (Wildman–Crippen LogP) is 3.06. The van der Waals surface area contributed by atoms with Crippen LogP contribution < -0.4 is 9.47 Å². The van der Waals surface area contributed by atoms with Crippen molar-refractivity contribution in [1.82, 2.24) is 20.0 Å².